The van der Waals surface area contributed by atoms with Crippen molar-refractivity contribution in [3.8, 4) is 17.6 Å². The maximum Gasteiger partial charge on any atom is 0.160 e. The van der Waals surface area contributed by atoms with Gasteiger partial charge in [-0.2, -0.15) is 0 Å². The van der Waals surface area contributed by atoms with Crippen LogP contribution in [0.3, 0.4) is 0 Å². The zero-order valence-electron chi connectivity index (χ0n) is 16.4. The van der Waals surface area contributed by atoms with E-state index >= 15 is 0 Å². The molecule has 0 bridgehead atoms. The number of benzene rings is 2. The molecule has 0 N–H and O–H groups in total. The van der Waals surface area contributed by atoms with Gasteiger partial charge in [-0.25, -0.2) is 17.6 Å². The van der Waals surface area contributed by atoms with E-state index in [-0.39, 0.29) is 11.3 Å². The van der Waals surface area contributed by atoms with Crippen molar-refractivity contribution in [1.29, 1.82) is 0 Å². The first-order valence-electron chi connectivity index (χ1n) is 10.0. The molecule has 29 heavy (non-hydrogen) atoms. The summed E-state index contributed by atoms with van der Waals surface area (Å²) in [6, 6.07) is 5.26. The van der Waals surface area contributed by atoms with Gasteiger partial charge in [-0.3, -0.25) is 0 Å². The Morgan fingerprint density at radius 2 is 1.48 bits per heavy atom. The van der Waals surface area contributed by atoms with Crippen LogP contribution in [0.4, 0.5) is 17.6 Å². The van der Waals surface area contributed by atoms with Crippen LogP contribution in [0, 0.1) is 46.9 Å². The summed E-state index contributed by atoms with van der Waals surface area (Å²) < 4.78 is 60.4. The molecule has 0 saturated heterocycles. The molecule has 0 aliphatic heterocycles. The summed E-state index contributed by atoms with van der Waals surface area (Å²) in [7, 11) is 0. The Bertz CT molecular complexity index is 882. The Kier molecular flexibility index (Phi) is 7.19. The van der Waals surface area contributed by atoms with E-state index in [9.17, 15) is 17.6 Å². The van der Waals surface area contributed by atoms with Crippen molar-refractivity contribution in [2.24, 2.45) is 11.8 Å². The highest BCUT2D eigenvalue weighted by molar-refractivity contribution is 5.46. The summed E-state index contributed by atoms with van der Waals surface area (Å²) >= 11 is 0. The van der Waals surface area contributed by atoms with Crippen LogP contribution >= 0.6 is 0 Å². The lowest BCUT2D eigenvalue weighted by atomic mass is 9.80. The van der Waals surface area contributed by atoms with Crippen molar-refractivity contribution in [2.45, 2.75) is 45.4 Å². The fraction of sp³-hybridized carbons (Fsp3) is 0.417. The summed E-state index contributed by atoms with van der Waals surface area (Å²) in [5, 5.41) is 0. The van der Waals surface area contributed by atoms with Crippen molar-refractivity contribution in [1.82, 2.24) is 0 Å². The zero-order chi connectivity index (χ0) is 20.8. The van der Waals surface area contributed by atoms with Crippen LogP contribution in [0.5, 0.6) is 5.75 Å². The predicted octanol–water partition coefficient (Wildman–Crippen LogP) is 6.63. The molecule has 1 aliphatic rings. The van der Waals surface area contributed by atoms with Gasteiger partial charge in [0.1, 0.15) is 17.4 Å². The van der Waals surface area contributed by atoms with Gasteiger partial charge in [0.05, 0.1) is 12.2 Å². The molecule has 0 amide bonds. The minimum atomic E-state index is -1.06. The highest BCUT2D eigenvalue weighted by atomic mass is 19.2. The minimum absolute atomic E-state index is 0.127. The van der Waals surface area contributed by atoms with E-state index in [0.717, 1.165) is 43.0 Å². The Morgan fingerprint density at radius 1 is 0.828 bits per heavy atom. The molecule has 1 nitrogen and oxygen atoms in total. The number of ether oxygens (including phenoxy) is 1. The average Bonchev–Trinajstić information content (AvgIpc) is 2.70. The molecule has 2 aromatic rings. The first-order valence-corrected chi connectivity index (χ1v) is 10.0. The van der Waals surface area contributed by atoms with Crippen LogP contribution < -0.4 is 4.74 Å². The van der Waals surface area contributed by atoms with Gasteiger partial charge in [-0.05, 0) is 42.9 Å². The van der Waals surface area contributed by atoms with Crippen LogP contribution in [-0.2, 0) is 0 Å². The van der Waals surface area contributed by atoms with Crippen molar-refractivity contribution in [3.05, 3.63) is 64.7 Å². The Morgan fingerprint density at radius 3 is 2.10 bits per heavy atom. The second-order valence-corrected chi connectivity index (χ2v) is 7.63. The third-order valence-corrected chi connectivity index (χ3v) is 5.42. The summed E-state index contributed by atoms with van der Waals surface area (Å²) in [5.74, 6) is 2.37. The van der Waals surface area contributed by atoms with E-state index in [1.54, 1.807) is 0 Å². The van der Waals surface area contributed by atoms with Crippen molar-refractivity contribution in [2.75, 3.05) is 6.61 Å². The molecule has 1 aliphatic carbocycles. The van der Waals surface area contributed by atoms with Gasteiger partial charge >= 0.3 is 0 Å². The van der Waals surface area contributed by atoms with E-state index in [2.05, 4.69) is 18.8 Å². The summed E-state index contributed by atoms with van der Waals surface area (Å²) in [4.78, 5) is 0. The standard InChI is InChI=1S/C24H24F4O/c1-2-3-16-4-6-18(7-5-16)15-29-19-13-22(26)20(23(27)14-19)10-8-17-9-11-21(25)24(28)12-17/h9,11-14,16,18H,2-7,15H2,1H3/t16-,18-. The molecule has 0 aromatic heterocycles. The highest BCUT2D eigenvalue weighted by Crippen LogP contribution is 2.32. The Labute approximate surface area is 169 Å². The maximum atomic E-state index is 14.3. The van der Waals surface area contributed by atoms with Crippen molar-refractivity contribution < 1.29 is 22.3 Å². The molecule has 0 heterocycles. The summed E-state index contributed by atoms with van der Waals surface area (Å²) in [5.41, 5.74) is -0.302. The van der Waals surface area contributed by atoms with E-state index in [1.807, 2.05) is 0 Å². The molecule has 5 heteroatoms. The number of halogens is 4. The number of hydrogen-bond acceptors (Lipinski definition) is 1. The SMILES string of the molecule is CCC[C@H]1CC[C@H](COc2cc(F)c(C#Cc3ccc(F)c(F)c3)c(F)c2)CC1. The van der Waals surface area contributed by atoms with E-state index in [1.165, 1.54) is 31.7 Å². The minimum Gasteiger partial charge on any atom is -0.493 e. The lowest BCUT2D eigenvalue weighted by Crippen LogP contribution is -2.20. The van der Waals surface area contributed by atoms with Crippen LogP contribution in [-0.4, -0.2) is 6.61 Å². The zero-order valence-corrected chi connectivity index (χ0v) is 16.4. The van der Waals surface area contributed by atoms with Gasteiger partial charge in [0.25, 0.3) is 0 Å². The molecular weight excluding hydrogens is 380 g/mol. The monoisotopic (exact) mass is 404 g/mol. The molecule has 1 fully saturated rings. The van der Waals surface area contributed by atoms with Gasteiger partial charge in [0.2, 0.25) is 0 Å². The molecule has 3 rings (SSSR count). The van der Waals surface area contributed by atoms with E-state index < -0.39 is 28.8 Å². The van der Waals surface area contributed by atoms with Crippen molar-refractivity contribution >= 4 is 0 Å². The molecular formula is C24H24F4O. The van der Waals surface area contributed by atoms with Crippen LogP contribution in [0.15, 0.2) is 30.3 Å². The largest absolute Gasteiger partial charge is 0.493 e. The van der Waals surface area contributed by atoms with Gasteiger partial charge in [0.15, 0.2) is 11.6 Å². The second-order valence-electron chi connectivity index (χ2n) is 7.63. The lowest BCUT2D eigenvalue weighted by Gasteiger charge is -2.28. The predicted molar refractivity (Wildman–Crippen MR) is 105 cm³/mol. The van der Waals surface area contributed by atoms with Crippen LogP contribution in [0.25, 0.3) is 0 Å². The Balaban J connectivity index is 1.62. The first-order chi connectivity index (χ1) is 14.0. The van der Waals surface area contributed by atoms with Gasteiger partial charge in [0, 0.05) is 17.7 Å². The first kappa shape index (κ1) is 21.2. The van der Waals surface area contributed by atoms with Crippen LogP contribution in [0.1, 0.15) is 56.6 Å². The summed E-state index contributed by atoms with van der Waals surface area (Å²) in [6.45, 7) is 2.64. The Hall–Kier alpha value is -2.48. The third-order valence-electron chi connectivity index (χ3n) is 5.42. The molecule has 154 valence electrons. The van der Waals surface area contributed by atoms with Crippen LogP contribution in [0.2, 0.25) is 0 Å². The quantitative estimate of drug-likeness (QED) is 0.402. The smallest absolute Gasteiger partial charge is 0.160 e. The third kappa shape index (κ3) is 5.76. The average molecular weight is 404 g/mol. The lowest BCUT2D eigenvalue weighted by molar-refractivity contribution is 0.178. The maximum absolute atomic E-state index is 14.3. The van der Waals surface area contributed by atoms with E-state index in [0.29, 0.717) is 12.5 Å². The second kappa shape index (κ2) is 9.82. The molecule has 0 radical (unpaired) electrons. The molecule has 1 saturated carbocycles. The van der Waals surface area contributed by atoms with Gasteiger partial charge < -0.3 is 4.74 Å². The highest BCUT2D eigenvalue weighted by Gasteiger charge is 2.21. The fourth-order valence-electron chi connectivity index (χ4n) is 3.77. The molecule has 0 unspecified atom stereocenters. The van der Waals surface area contributed by atoms with E-state index in [4.69, 9.17) is 4.74 Å². The number of rotatable bonds is 5. The topological polar surface area (TPSA) is 9.23 Å². The van der Waals surface area contributed by atoms with Gasteiger partial charge in [-0.1, -0.05) is 44.4 Å². The molecule has 2 aromatic carbocycles. The summed E-state index contributed by atoms with van der Waals surface area (Å²) in [6.07, 6.45) is 6.99. The van der Waals surface area contributed by atoms with Crippen molar-refractivity contribution in [3.63, 3.8) is 0 Å². The molecule has 0 spiro atoms. The normalized spacial score (nSPS) is 18.8. The molecule has 0 atom stereocenters. The fourth-order valence-corrected chi connectivity index (χ4v) is 3.77. The number of hydrogen-bond donors (Lipinski definition) is 0. The van der Waals surface area contributed by atoms with Gasteiger partial charge in [-0.15, -0.1) is 0 Å².